The lowest BCUT2D eigenvalue weighted by atomic mass is 10.1. The van der Waals surface area contributed by atoms with Crippen LogP contribution in [-0.4, -0.2) is 24.5 Å². The van der Waals surface area contributed by atoms with Crippen LogP contribution < -0.4 is 15.4 Å². The second-order valence-electron chi connectivity index (χ2n) is 7.58. The molecule has 146 valence electrons. The highest BCUT2D eigenvalue weighted by molar-refractivity contribution is 6.11. The highest BCUT2D eigenvalue weighted by atomic mass is 16.5. The average molecular weight is 380 g/mol. The molecule has 3 aromatic rings. The van der Waals surface area contributed by atoms with Crippen LogP contribution in [0.15, 0.2) is 52.9 Å². The largest absolute Gasteiger partial charge is 0.497 e. The van der Waals surface area contributed by atoms with Crippen LogP contribution in [0, 0.1) is 0 Å². The first-order valence-corrected chi connectivity index (χ1v) is 9.03. The number of methoxy groups -OCH3 is 1. The summed E-state index contributed by atoms with van der Waals surface area (Å²) in [4.78, 5) is 25.4. The SMILES string of the molecule is COc1cccc(CC(=O)Nc2c(C(=O)NC(C)(C)C)oc3ccccc23)c1. The lowest BCUT2D eigenvalue weighted by molar-refractivity contribution is -0.115. The lowest BCUT2D eigenvalue weighted by Gasteiger charge is -2.20. The molecule has 28 heavy (non-hydrogen) atoms. The minimum atomic E-state index is -0.433. The molecule has 0 saturated carbocycles. The Labute approximate surface area is 163 Å². The predicted octanol–water partition coefficient (Wildman–Crippen LogP) is 4.15. The molecule has 3 rings (SSSR count). The van der Waals surface area contributed by atoms with Crippen LogP contribution >= 0.6 is 0 Å². The zero-order valence-corrected chi connectivity index (χ0v) is 16.5. The normalized spacial score (nSPS) is 11.3. The summed E-state index contributed by atoms with van der Waals surface area (Å²) in [6.07, 6.45) is 0.150. The molecule has 0 radical (unpaired) electrons. The van der Waals surface area contributed by atoms with Crippen molar-refractivity contribution in [3.8, 4) is 5.75 Å². The Kier molecular flexibility index (Phi) is 5.40. The fourth-order valence-corrected chi connectivity index (χ4v) is 2.88. The number of benzene rings is 2. The molecule has 1 heterocycles. The molecule has 0 bridgehead atoms. The van der Waals surface area contributed by atoms with Crippen molar-refractivity contribution in [2.45, 2.75) is 32.7 Å². The molecule has 0 aliphatic heterocycles. The molecular formula is C22H24N2O4. The first kappa shape index (κ1) is 19.5. The number of furan rings is 1. The minimum absolute atomic E-state index is 0.0927. The number of rotatable bonds is 5. The average Bonchev–Trinajstić information content (AvgIpc) is 2.99. The Morgan fingerprint density at radius 3 is 2.54 bits per heavy atom. The van der Waals surface area contributed by atoms with Gasteiger partial charge in [0.05, 0.1) is 13.5 Å². The van der Waals surface area contributed by atoms with Gasteiger partial charge in [-0.3, -0.25) is 9.59 Å². The standard InChI is InChI=1S/C22H24N2O4/c1-22(2,3)24-21(26)20-19(16-10-5-6-11-17(16)28-20)23-18(25)13-14-8-7-9-15(12-14)27-4/h5-12H,13H2,1-4H3,(H,23,25)(H,24,26). The van der Waals surface area contributed by atoms with Crippen molar-refractivity contribution in [1.29, 1.82) is 0 Å². The molecule has 2 aromatic carbocycles. The Morgan fingerprint density at radius 2 is 1.82 bits per heavy atom. The molecule has 6 heteroatoms. The number of amides is 2. The molecule has 0 atom stereocenters. The zero-order chi connectivity index (χ0) is 20.3. The van der Waals surface area contributed by atoms with Gasteiger partial charge in [-0.05, 0) is 50.6 Å². The molecule has 2 N–H and O–H groups in total. The van der Waals surface area contributed by atoms with Crippen LogP contribution in [0.5, 0.6) is 5.75 Å². The fourth-order valence-electron chi connectivity index (χ4n) is 2.88. The Balaban J connectivity index is 1.89. The van der Waals surface area contributed by atoms with Gasteiger partial charge in [-0.25, -0.2) is 0 Å². The maximum Gasteiger partial charge on any atom is 0.289 e. The summed E-state index contributed by atoms with van der Waals surface area (Å²) in [5.74, 6) is 0.157. The van der Waals surface area contributed by atoms with Crippen LogP contribution in [0.4, 0.5) is 5.69 Å². The summed E-state index contributed by atoms with van der Waals surface area (Å²) in [6, 6.07) is 14.5. The van der Waals surface area contributed by atoms with E-state index in [1.54, 1.807) is 19.2 Å². The number of anilines is 1. The maximum absolute atomic E-state index is 12.7. The second kappa shape index (κ2) is 7.76. The van der Waals surface area contributed by atoms with Crippen LogP contribution in [0.25, 0.3) is 11.0 Å². The van der Waals surface area contributed by atoms with Gasteiger partial charge >= 0.3 is 0 Å². The molecule has 0 aliphatic rings. The number of nitrogens with one attached hydrogen (secondary N) is 2. The van der Waals surface area contributed by atoms with Crippen molar-refractivity contribution in [2.24, 2.45) is 0 Å². The molecule has 0 unspecified atom stereocenters. The van der Waals surface area contributed by atoms with Gasteiger partial charge in [-0.15, -0.1) is 0 Å². The minimum Gasteiger partial charge on any atom is -0.497 e. The van der Waals surface area contributed by atoms with Crippen LogP contribution in [0.3, 0.4) is 0 Å². The van der Waals surface area contributed by atoms with Crippen molar-refractivity contribution in [2.75, 3.05) is 12.4 Å². The van der Waals surface area contributed by atoms with E-state index in [1.165, 1.54) is 0 Å². The number of fused-ring (bicyclic) bond motifs is 1. The van der Waals surface area contributed by atoms with E-state index in [0.29, 0.717) is 22.4 Å². The van der Waals surface area contributed by atoms with E-state index >= 15 is 0 Å². The van der Waals surface area contributed by atoms with E-state index in [9.17, 15) is 9.59 Å². The maximum atomic E-state index is 12.7. The second-order valence-corrected chi connectivity index (χ2v) is 7.58. The third-order valence-corrected chi connectivity index (χ3v) is 4.05. The monoisotopic (exact) mass is 380 g/mol. The smallest absolute Gasteiger partial charge is 0.289 e. The highest BCUT2D eigenvalue weighted by Gasteiger charge is 2.25. The van der Waals surface area contributed by atoms with Gasteiger partial charge in [0.1, 0.15) is 17.0 Å². The van der Waals surface area contributed by atoms with Gasteiger partial charge in [0.15, 0.2) is 0 Å². The summed E-state index contributed by atoms with van der Waals surface area (Å²) in [6.45, 7) is 5.65. The van der Waals surface area contributed by atoms with Crippen molar-refractivity contribution >= 4 is 28.5 Å². The molecule has 6 nitrogen and oxygen atoms in total. The number of ether oxygens (including phenoxy) is 1. The number of hydrogen-bond acceptors (Lipinski definition) is 4. The molecule has 1 aromatic heterocycles. The van der Waals surface area contributed by atoms with E-state index in [4.69, 9.17) is 9.15 Å². The fraction of sp³-hybridized carbons (Fsp3) is 0.273. The van der Waals surface area contributed by atoms with Gasteiger partial charge in [0, 0.05) is 10.9 Å². The summed E-state index contributed by atoms with van der Waals surface area (Å²) < 4.78 is 10.9. The van der Waals surface area contributed by atoms with E-state index in [2.05, 4.69) is 10.6 Å². The van der Waals surface area contributed by atoms with Crippen molar-refractivity contribution in [3.63, 3.8) is 0 Å². The van der Waals surface area contributed by atoms with Gasteiger partial charge in [-0.1, -0.05) is 24.3 Å². The predicted molar refractivity (Wildman–Crippen MR) is 109 cm³/mol. The van der Waals surface area contributed by atoms with E-state index in [0.717, 1.165) is 5.56 Å². The number of hydrogen-bond donors (Lipinski definition) is 2. The quantitative estimate of drug-likeness (QED) is 0.697. The van der Waals surface area contributed by atoms with Crippen molar-refractivity contribution in [1.82, 2.24) is 5.32 Å². The number of carbonyl (C=O) groups is 2. The van der Waals surface area contributed by atoms with Gasteiger partial charge in [0.25, 0.3) is 5.91 Å². The summed E-state index contributed by atoms with van der Waals surface area (Å²) in [7, 11) is 1.58. The van der Waals surface area contributed by atoms with Crippen LogP contribution in [-0.2, 0) is 11.2 Å². The van der Waals surface area contributed by atoms with E-state index in [1.807, 2.05) is 57.2 Å². The van der Waals surface area contributed by atoms with Crippen molar-refractivity contribution in [3.05, 3.63) is 59.9 Å². The van der Waals surface area contributed by atoms with Gasteiger partial charge in [-0.2, -0.15) is 0 Å². The first-order valence-electron chi connectivity index (χ1n) is 9.03. The van der Waals surface area contributed by atoms with Crippen molar-refractivity contribution < 1.29 is 18.7 Å². The molecule has 0 spiro atoms. The number of para-hydroxylation sites is 1. The molecule has 0 fully saturated rings. The van der Waals surface area contributed by atoms with Gasteiger partial charge in [0.2, 0.25) is 11.7 Å². The lowest BCUT2D eigenvalue weighted by Crippen LogP contribution is -2.40. The van der Waals surface area contributed by atoms with Crippen LogP contribution in [0.2, 0.25) is 0 Å². The summed E-state index contributed by atoms with van der Waals surface area (Å²) in [5.41, 5.74) is 1.30. The third kappa shape index (κ3) is 4.52. The van der Waals surface area contributed by atoms with E-state index in [-0.39, 0.29) is 24.0 Å². The molecule has 0 saturated heterocycles. The number of carbonyl (C=O) groups excluding carboxylic acids is 2. The molecular weight excluding hydrogens is 356 g/mol. The Bertz CT molecular complexity index is 1010. The Hall–Kier alpha value is -3.28. The first-order chi connectivity index (χ1) is 13.3. The molecule has 0 aliphatic carbocycles. The topological polar surface area (TPSA) is 80.6 Å². The summed E-state index contributed by atoms with van der Waals surface area (Å²) >= 11 is 0. The Morgan fingerprint density at radius 1 is 1.07 bits per heavy atom. The summed E-state index contributed by atoms with van der Waals surface area (Å²) in [5, 5.41) is 6.41. The highest BCUT2D eigenvalue weighted by Crippen LogP contribution is 2.31. The van der Waals surface area contributed by atoms with Gasteiger partial charge < -0.3 is 19.8 Å². The van der Waals surface area contributed by atoms with E-state index < -0.39 is 5.54 Å². The third-order valence-electron chi connectivity index (χ3n) is 4.05. The van der Waals surface area contributed by atoms with Crippen LogP contribution in [0.1, 0.15) is 36.9 Å². The molecule has 2 amide bonds. The zero-order valence-electron chi connectivity index (χ0n) is 16.5.